The van der Waals surface area contributed by atoms with Crippen LogP contribution in [0, 0.1) is 0 Å². The number of aliphatic imine (C=N–C) groups is 1. The van der Waals surface area contributed by atoms with Crippen LogP contribution in [-0.2, 0) is 12.8 Å². The Kier molecular flexibility index (Phi) is 7.94. The van der Waals surface area contributed by atoms with Crippen molar-refractivity contribution in [2.24, 2.45) is 4.99 Å². The van der Waals surface area contributed by atoms with Gasteiger partial charge in [0.05, 0.1) is 6.61 Å². The SMILES string of the molecule is CCNC(=NCCCNC(=O)c1cccc(O)c1)NCCc1ccc2c(c1)CCO2. The molecule has 2 aromatic rings. The summed E-state index contributed by atoms with van der Waals surface area (Å²) < 4.78 is 5.56. The summed E-state index contributed by atoms with van der Waals surface area (Å²) in [6.07, 6.45) is 2.63. The fourth-order valence-corrected chi connectivity index (χ4v) is 3.28. The van der Waals surface area contributed by atoms with Crippen LogP contribution in [0.5, 0.6) is 11.5 Å². The highest BCUT2D eigenvalue weighted by atomic mass is 16.5. The zero-order valence-corrected chi connectivity index (χ0v) is 17.4. The Morgan fingerprint density at radius 2 is 2.03 bits per heavy atom. The van der Waals surface area contributed by atoms with Crippen LogP contribution in [-0.4, -0.2) is 49.8 Å². The average molecular weight is 411 g/mol. The number of rotatable bonds is 9. The van der Waals surface area contributed by atoms with Gasteiger partial charge in [-0.05, 0) is 55.2 Å². The fraction of sp³-hybridized carbons (Fsp3) is 0.391. The van der Waals surface area contributed by atoms with Crippen LogP contribution in [0.25, 0.3) is 0 Å². The molecule has 1 aliphatic rings. The Bertz CT molecular complexity index is 883. The predicted octanol–water partition coefficient (Wildman–Crippen LogP) is 2.24. The molecule has 0 unspecified atom stereocenters. The molecule has 1 amide bonds. The van der Waals surface area contributed by atoms with Crippen LogP contribution in [0.15, 0.2) is 47.5 Å². The molecule has 0 aromatic heterocycles. The second-order valence-electron chi connectivity index (χ2n) is 7.14. The van der Waals surface area contributed by atoms with Gasteiger partial charge in [0.25, 0.3) is 5.91 Å². The first kappa shape index (κ1) is 21.5. The van der Waals surface area contributed by atoms with Gasteiger partial charge in [0.2, 0.25) is 0 Å². The fourth-order valence-electron chi connectivity index (χ4n) is 3.28. The van der Waals surface area contributed by atoms with E-state index in [2.05, 4.69) is 39.1 Å². The molecule has 0 bridgehead atoms. The molecule has 0 atom stereocenters. The van der Waals surface area contributed by atoms with E-state index in [4.69, 9.17) is 4.74 Å². The molecule has 3 rings (SSSR count). The first-order valence-electron chi connectivity index (χ1n) is 10.5. The summed E-state index contributed by atoms with van der Waals surface area (Å²) in [6.45, 7) is 5.52. The van der Waals surface area contributed by atoms with Crippen LogP contribution in [0.2, 0.25) is 0 Å². The first-order valence-corrected chi connectivity index (χ1v) is 10.5. The van der Waals surface area contributed by atoms with Gasteiger partial charge in [-0.15, -0.1) is 0 Å². The number of aromatic hydroxyl groups is 1. The summed E-state index contributed by atoms with van der Waals surface area (Å²) in [7, 11) is 0. The van der Waals surface area contributed by atoms with Gasteiger partial charge < -0.3 is 25.8 Å². The minimum absolute atomic E-state index is 0.0850. The van der Waals surface area contributed by atoms with E-state index in [0.29, 0.717) is 18.7 Å². The summed E-state index contributed by atoms with van der Waals surface area (Å²) in [5, 5.41) is 18.9. The third kappa shape index (κ3) is 6.40. The maximum absolute atomic E-state index is 12.1. The largest absolute Gasteiger partial charge is 0.508 e. The van der Waals surface area contributed by atoms with Crippen molar-refractivity contribution in [1.29, 1.82) is 0 Å². The van der Waals surface area contributed by atoms with Crippen molar-refractivity contribution in [3.8, 4) is 11.5 Å². The summed E-state index contributed by atoms with van der Waals surface area (Å²) in [4.78, 5) is 16.6. The van der Waals surface area contributed by atoms with E-state index in [9.17, 15) is 9.90 Å². The van der Waals surface area contributed by atoms with E-state index in [0.717, 1.165) is 50.7 Å². The van der Waals surface area contributed by atoms with Crippen molar-refractivity contribution in [1.82, 2.24) is 16.0 Å². The number of nitrogens with one attached hydrogen (secondary N) is 3. The highest BCUT2D eigenvalue weighted by Gasteiger charge is 2.11. The smallest absolute Gasteiger partial charge is 0.251 e. The summed E-state index contributed by atoms with van der Waals surface area (Å²) in [6, 6.07) is 12.7. The Hall–Kier alpha value is -3.22. The molecule has 7 heteroatoms. The van der Waals surface area contributed by atoms with Crippen LogP contribution >= 0.6 is 0 Å². The van der Waals surface area contributed by atoms with Crippen molar-refractivity contribution in [3.63, 3.8) is 0 Å². The number of phenolic OH excluding ortho intramolecular Hbond substituents is 1. The van der Waals surface area contributed by atoms with Gasteiger partial charge in [0, 0.05) is 38.2 Å². The topological polar surface area (TPSA) is 95.0 Å². The van der Waals surface area contributed by atoms with Crippen LogP contribution in [0.3, 0.4) is 0 Å². The normalized spacial score (nSPS) is 12.8. The van der Waals surface area contributed by atoms with Crippen LogP contribution in [0.1, 0.15) is 34.8 Å². The van der Waals surface area contributed by atoms with E-state index >= 15 is 0 Å². The molecule has 4 N–H and O–H groups in total. The van der Waals surface area contributed by atoms with E-state index < -0.39 is 0 Å². The van der Waals surface area contributed by atoms with Crippen molar-refractivity contribution < 1.29 is 14.6 Å². The van der Waals surface area contributed by atoms with E-state index in [-0.39, 0.29) is 11.7 Å². The summed E-state index contributed by atoms with van der Waals surface area (Å²) >= 11 is 0. The van der Waals surface area contributed by atoms with Crippen molar-refractivity contribution >= 4 is 11.9 Å². The quantitative estimate of drug-likeness (QED) is 0.289. The molecule has 30 heavy (non-hydrogen) atoms. The highest BCUT2D eigenvalue weighted by molar-refractivity contribution is 5.94. The number of ether oxygens (including phenoxy) is 1. The minimum atomic E-state index is -0.195. The van der Waals surface area contributed by atoms with E-state index in [1.165, 1.54) is 17.2 Å². The van der Waals surface area contributed by atoms with Gasteiger partial charge in [0.15, 0.2) is 5.96 Å². The molecule has 0 saturated heterocycles. The van der Waals surface area contributed by atoms with Crippen molar-refractivity contribution in [2.45, 2.75) is 26.2 Å². The lowest BCUT2D eigenvalue weighted by Gasteiger charge is -2.12. The predicted molar refractivity (Wildman–Crippen MR) is 118 cm³/mol. The lowest BCUT2D eigenvalue weighted by atomic mass is 10.1. The molecular weight excluding hydrogens is 380 g/mol. The number of phenols is 1. The zero-order chi connectivity index (χ0) is 21.2. The maximum Gasteiger partial charge on any atom is 0.251 e. The number of carbonyl (C=O) groups is 1. The molecule has 160 valence electrons. The lowest BCUT2D eigenvalue weighted by molar-refractivity contribution is 0.0953. The Morgan fingerprint density at radius 1 is 1.13 bits per heavy atom. The standard InChI is InChI=1S/C23H30N4O3/c1-2-24-23(27-13-9-17-7-8-21-18(15-17)10-14-30-21)26-12-4-11-25-22(29)19-5-3-6-20(28)16-19/h3,5-8,15-16,28H,2,4,9-14H2,1H3,(H,25,29)(H2,24,26,27). The Morgan fingerprint density at radius 3 is 2.87 bits per heavy atom. The second-order valence-corrected chi connectivity index (χ2v) is 7.14. The van der Waals surface area contributed by atoms with Gasteiger partial charge in [-0.25, -0.2) is 0 Å². The monoisotopic (exact) mass is 410 g/mol. The molecule has 1 aliphatic heterocycles. The molecule has 1 heterocycles. The van der Waals surface area contributed by atoms with Crippen molar-refractivity contribution in [2.75, 3.05) is 32.8 Å². The second kappa shape index (κ2) is 11.1. The molecule has 0 saturated carbocycles. The van der Waals surface area contributed by atoms with Crippen molar-refractivity contribution in [3.05, 3.63) is 59.2 Å². The van der Waals surface area contributed by atoms with E-state index in [1.54, 1.807) is 18.2 Å². The Balaban J connectivity index is 1.38. The first-order chi connectivity index (χ1) is 14.7. The Labute approximate surface area is 177 Å². The third-order valence-electron chi connectivity index (χ3n) is 4.80. The lowest BCUT2D eigenvalue weighted by Crippen LogP contribution is -2.38. The minimum Gasteiger partial charge on any atom is -0.508 e. The van der Waals surface area contributed by atoms with Gasteiger partial charge in [-0.3, -0.25) is 9.79 Å². The average Bonchev–Trinajstić information content (AvgIpc) is 3.21. The van der Waals surface area contributed by atoms with Crippen LogP contribution in [0.4, 0.5) is 0 Å². The number of carbonyl (C=O) groups excluding carboxylic acids is 1. The number of amides is 1. The summed E-state index contributed by atoms with van der Waals surface area (Å²) in [5.74, 6) is 1.68. The third-order valence-corrected chi connectivity index (χ3v) is 4.80. The number of guanidine groups is 1. The van der Waals surface area contributed by atoms with Gasteiger partial charge >= 0.3 is 0 Å². The summed E-state index contributed by atoms with van der Waals surface area (Å²) in [5.41, 5.74) is 3.03. The molecule has 0 aliphatic carbocycles. The van der Waals surface area contributed by atoms with Gasteiger partial charge in [-0.1, -0.05) is 18.2 Å². The maximum atomic E-state index is 12.1. The number of hydrogen-bond donors (Lipinski definition) is 4. The zero-order valence-electron chi connectivity index (χ0n) is 17.4. The highest BCUT2D eigenvalue weighted by Crippen LogP contribution is 2.25. The molecule has 0 radical (unpaired) electrons. The molecule has 0 fully saturated rings. The number of benzene rings is 2. The molecular formula is C23H30N4O3. The number of fused-ring (bicyclic) bond motifs is 1. The van der Waals surface area contributed by atoms with Crippen LogP contribution < -0.4 is 20.7 Å². The number of hydrogen-bond acceptors (Lipinski definition) is 4. The van der Waals surface area contributed by atoms with Gasteiger partial charge in [0.1, 0.15) is 11.5 Å². The molecule has 0 spiro atoms. The molecule has 2 aromatic carbocycles. The van der Waals surface area contributed by atoms with Gasteiger partial charge in [-0.2, -0.15) is 0 Å². The number of nitrogens with zero attached hydrogens (tertiary/aromatic N) is 1. The molecule has 7 nitrogen and oxygen atoms in total. The van der Waals surface area contributed by atoms with E-state index in [1.807, 2.05) is 6.92 Å².